The maximum atomic E-state index is 12.0. The van der Waals surface area contributed by atoms with Gasteiger partial charge in [0.1, 0.15) is 0 Å². The summed E-state index contributed by atoms with van der Waals surface area (Å²) in [7, 11) is 1.78. The van der Waals surface area contributed by atoms with Gasteiger partial charge in [0.2, 0.25) is 5.91 Å². The first-order valence-electron chi connectivity index (χ1n) is 5.09. The van der Waals surface area contributed by atoms with E-state index < -0.39 is 0 Å². The topological polar surface area (TPSA) is 37.4 Å². The summed E-state index contributed by atoms with van der Waals surface area (Å²) >= 11 is 0. The molecule has 0 aromatic heterocycles. The summed E-state index contributed by atoms with van der Waals surface area (Å²) in [6, 6.07) is 7.59. The molecule has 0 radical (unpaired) electrons. The summed E-state index contributed by atoms with van der Waals surface area (Å²) in [5.74, 6) is 0.0704. The molecular formula is C12H11NO2. The van der Waals surface area contributed by atoms with Crippen LogP contribution in [-0.4, -0.2) is 23.6 Å². The molecule has 1 aromatic rings. The average Bonchev–Trinajstić information content (AvgIpc) is 2.68. The molecule has 1 saturated heterocycles. The van der Waals surface area contributed by atoms with Crippen LogP contribution in [-0.2, 0) is 4.79 Å². The Hall–Kier alpha value is -1.64. The molecule has 2 aliphatic rings. The number of hydrogen-bond acceptors (Lipinski definition) is 2. The standard InChI is InChI=1S/C12H11NO2/c1-13-10(14)6-9-11(13)7-4-2-3-5-8(7)12(9)15/h2-5,9,11H,6H2,1H3/t9-,11-/m0/s1. The summed E-state index contributed by atoms with van der Waals surface area (Å²) in [5, 5.41) is 0. The lowest BCUT2D eigenvalue weighted by Crippen LogP contribution is -2.22. The van der Waals surface area contributed by atoms with Gasteiger partial charge in [0.15, 0.2) is 5.78 Å². The lowest BCUT2D eigenvalue weighted by Gasteiger charge is -2.18. The van der Waals surface area contributed by atoms with E-state index in [1.165, 1.54) is 0 Å². The number of benzene rings is 1. The molecule has 1 fully saturated rings. The van der Waals surface area contributed by atoms with Crippen molar-refractivity contribution in [1.82, 2.24) is 4.90 Å². The van der Waals surface area contributed by atoms with Gasteiger partial charge in [0.25, 0.3) is 0 Å². The first-order valence-corrected chi connectivity index (χ1v) is 5.09. The van der Waals surface area contributed by atoms with Crippen LogP contribution in [0.1, 0.15) is 28.4 Å². The molecule has 15 heavy (non-hydrogen) atoms. The van der Waals surface area contributed by atoms with E-state index in [4.69, 9.17) is 0 Å². The Bertz CT molecular complexity index is 466. The second-order valence-electron chi connectivity index (χ2n) is 4.21. The highest BCUT2D eigenvalue weighted by Crippen LogP contribution is 2.45. The third-order valence-corrected chi connectivity index (χ3v) is 3.47. The summed E-state index contributed by atoms with van der Waals surface area (Å²) in [6.45, 7) is 0. The molecule has 76 valence electrons. The van der Waals surface area contributed by atoms with E-state index in [0.29, 0.717) is 6.42 Å². The number of carbonyl (C=O) groups excluding carboxylic acids is 2. The quantitative estimate of drug-likeness (QED) is 0.636. The van der Waals surface area contributed by atoms with Crippen LogP contribution in [0, 0.1) is 5.92 Å². The Morgan fingerprint density at radius 3 is 2.80 bits per heavy atom. The van der Waals surface area contributed by atoms with Crippen molar-refractivity contribution in [3.05, 3.63) is 35.4 Å². The number of Topliss-reactive ketones (excluding diaryl/α,β-unsaturated/α-hetero) is 1. The summed E-state index contributed by atoms with van der Waals surface area (Å²) in [4.78, 5) is 25.2. The second-order valence-corrected chi connectivity index (χ2v) is 4.21. The maximum absolute atomic E-state index is 12.0. The zero-order valence-corrected chi connectivity index (χ0v) is 8.43. The van der Waals surface area contributed by atoms with Gasteiger partial charge in [-0.3, -0.25) is 9.59 Å². The number of rotatable bonds is 0. The Balaban J connectivity index is 2.18. The number of amides is 1. The van der Waals surface area contributed by atoms with E-state index in [1.807, 2.05) is 24.3 Å². The Morgan fingerprint density at radius 2 is 2.00 bits per heavy atom. The van der Waals surface area contributed by atoms with Crippen LogP contribution in [0.15, 0.2) is 24.3 Å². The third kappa shape index (κ3) is 0.950. The number of ketones is 1. The highest BCUT2D eigenvalue weighted by Gasteiger charge is 2.48. The summed E-state index contributed by atoms with van der Waals surface area (Å²) in [5.41, 5.74) is 1.81. The zero-order chi connectivity index (χ0) is 10.6. The first kappa shape index (κ1) is 8.65. The monoisotopic (exact) mass is 201 g/mol. The predicted octanol–water partition coefficient (Wildman–Crippen LogP) is 1.40. The summed E-state index contributed by atoms with van der Waals surface area (Å²) in [6.07, 6.45) is 0.370. The van der Waals surface area contributed by atoms with Crippen molar-refractivity contribution in [2.75, 3.05) is 7.05 Å². The third-order valence-electron chi connectivity index (χ3n) is 3.47. The molecule has 1 amide bonds. The molecule has 3 heteroatoms. The Kier molecular flexibility index (Phi) is 1.55. The molecule has 0 N–H and O–H groups in total. The molecule has 0 saturated carbocycles. The molecule has 1 aliphatic heterocycles. The normalized spacial score (nSPS) is 28.2. The minimum absolute atomic E-state index is 0.0128. The number of likely N-dealkylation sites (tertiary alicyclic amines) is 1. The van der Waals surface area contributed by atoms with Crippen LogP contribution in [0.3, 0.4) is 0 Å². The molecule has 2 atom stereocenters. The van der Waals surface area contributed by atoms with Gasteiger partial charge < -0.3 is 4.90 Å². The molecule has 1 aliphatic carbocycles. The molecule has 0 unspecified atom stereocenters. The molecule has 0 spiro atoms. The van der Waals surface area contributed by atoms with Crippen LogP contribution in [0.25, 0.3) is 0 Å². The molecule has 3 nitrogen and oxygen atoms in total. The van der Waals surface area contributed by atoms with E-state index in [0.717, 1.165) is 11.1 Å². The molecule has 0 bridgehead atoms. The van der Waals surface area contributed by atoms with Gasteiger partial charge >= 0.3 is 0 Å². The van der Waals surface area contributed by atoms with E-state index in [-0.39, 0.29) is 23.7 Å². The fourth-order valence-electron chi connectivity index (χ4n) is 2.71. The fourth-order valence-corrected chi connectivity index (χ4v) is 2.71. The summed E-state index contributed by atoms with van der Waals surface area (Å²) < 4.78 is 0. The fraction of sp³-hybridized carbons (Fsp3) is 0.333. The van der Waals surface area contributed by atoms with Crippen LogP contribution in [0.4, 0.5) is 0 Å². The van der Waals surface area contributed by atoms with E-state index in [2.05, 4.69) is 0 Å². The maximum Gasteiger partial charge on any atom is 0.223 e. The van der Waals surface area contributed by atoms with Crippen molar-refractivity contribution < 1.29 is 9.59 Å². The minimum Gasteiger partial charge on any atom is -0.338 e. The van der Waals surface area contributed by atoms with Crippen molar-refractivity contribution in [2.45, 2.75) is 12.5 Å². The van der Waals surface area contributed by atoms with Crippen LogP contribution in [0.2, 0.25) is 0 Å². The van der Waals surface area contributed by atoms with Gasteiger partial charge in [-0.05, 0) is 5.56 Å². The van der Waals surface area contributed by atoms with Crippen molar-refractivity contribution >= 4 is 11.7 Å². The first-order chi connectivity index (χ1) is 7.20. The van der Waals surface area contributed by atoms with Crippen molar-refractivity contribution in [3.8, 4) is 0 Å². The Labute approximate surface area is 87.7 Å². The predicted molar refractivity (Wildman–Crippen MR) is 54.4 cm³/mol. The lowest BCUT2D eigenvalue weighted by atomic mass is 10.0. The van der Waals surface area contributed by atoms with Crippen molar-refractivity contribution in [2.24, 2.45) is 5.92 Å². The van der Waals surface area contributed by atoms with Crippen LogP contribution >= 0.6 is 0 Å². The zero-order valence-electron chi connectivity index (χ0n) is 8.43. The smallest absolute Gasteiger partial charge is 0.223 e. The highest BCUT2D eigenvalue weighted by molar-refractivity contribution is 6.06. The van der Waals surface area contributed by atoms with Gasteiger partial charge in [-0.2, -0.15) is 0 Å². The minimum atomic E-state index is -0.139. The van der Waals surface area contributed by atoms with Gasteiger partial charge in [-0.25, -0.2) is 0 Å². The van der Waals surface area contributed by atoms with Gasteiger partial charge in [-0.15, -0.1) is 0 Å². The molecular weight excluding hydrogens is 190 g/mol. The molecule has 1 heterocycles. The number of hydrogen-bond donors (Lipinski definition) is 0. The van der Waals surface area contributed by atoms with Gasteiger partial charge in [0.05, 0.1) is 12.0 Å². The van der Waals surface area contributed by atoms with E-state index in [9.17, 15) is 9.59 Å². The van der Waals surface area contributed by atoms with Gasteiger partial charge in [-0.1, -0.05) is 24.3 Å². The number of nitrogens with zero attached hydrogens (tertiary/aromatic N) is 1. The average molecular weight is 201 g/mol. The number of fused-ring (bicyclic) bond motifs is 3. The molecule has 3 rings (SSSR count). The number of carbonyl (C=O) groups is 2. The van der Waals surface area contributed by atoms with Gasteiger partial charge in [0, 0.05) is 19.0 Å². The van der Waals surface area contributed by atoms with Crippen molar-refractivity contribution in [3.63, 3.8) is 0 Å². The highest BCUT2D eigenvalue weighted by atomic mass is 16.2. The van der Waals surface area contributed by atoms with E-state index >= 15 is 0 Å². The lowest BCUT2D eigenvalue weighted by molar-refractivity contribution is -0.127. The van der Waals surface area contributed by atoms with Crippen LogP contribution < -0.4 is 0 Å². The van der Waals surface area contributed by atoms with Crippen LogP contribution in [0.5, 0.6) is 0 Å². The van der Waals surface area contributed by atoms with Crippen molar-refractivity contribution in [1.29, 1.82) is 0 Å². The second kappa shape index (κ2) is 2.69. The van der Waals surface area contributed by atoms with E-state index in [1.54, 1.807) is 11.9 Å². The molecule has 1 aromatic carbocycles. The Morgan fingerprint density at radius 1 is 1.27 bits per heavy atom. The SMILES string of the molecule is CN1C(=O)C[C@@H]2C(=O)c3ccccc3[C@@H]21. The largest absolute Gasteiger partial charge is 0.338 e.